The van der Waals surface area contributed by atoms with Gasteiger partial charge in [0.15, 0.2) is 0 Å². The molecule has 182 valence electrons. The molecule has 3 unspecified atom stereocenters. The normalized spacial score (nSPS) is 13.9. The van der Waals surface area contributed by atoms with E-state index in [1.165, 1.54) is 0 Å². The molecule has 10 heteroatoms. The maximum absolute atomic E-state index is 12.8. The second-order valence-electron chi connectivity index (χ2n) is 8.38. The average molecular weight is 494 g/mol. The summed E-state index contributed by atoms with van der Waals surface area (Å²) in [7, 11) is 0. The summed E-state index contributed by atoms with van der Waals surface area (Å²) in [4.78, 5) is 43.7. The lowest BCUT2D eigenvalue weighted by Crippen LogP contribution is -2.55. The number of aromatic amines is 2. The smallest absolute Gasteiger partial charge is 0.326 e. The van der Waals surface area contributed by atoms with Gasteiger partial charge in [-0.05, 0) is 29.7 Å². The van der Waals surface area contributed by atoms with Gasteiger partial charge >= 0.3 is 5.97 Å². The van der Waals surface area contributed by atoms with Crippen LogP contribution < -0.4 is 16.4 Å². The third kappa shape index (κ3) is 5.50. The van der Waals surface area contributed by atoms with Crippen LogP contribution in [0.1, 0.15) is 11.1 Å². The number of aromatic nitrogens is 2. The summed E-state index contributed by atoms with van der Waals surface area (Å²) in [5.41, 5.74) is 9.59. The van der Waals surface area contributed by atoms with Crippen LogP contribution in [-0.4, -0.2) is 56.7 Å². The van der Waals surface area contributed by atoms with Gasteiger partial charge in [0.25, 0.3) is 0 Å². The number of nitrogens with one attached hydrogen (secondary N) is 4. The van der Waals surface area contributed by atoms with Gasteiger partial charge in [-0.25, -0.2) is 4.79 Å². The van der Waals surface area contributed by atoms with E-state index in [1.807, 2.05) is 54.7 Å². The number of benzene rings is 2. The molecule has 0 radical (unpaired) electrons. The fourth-order valence-corrected chi connectivity index (χ4v) is 4.35. The lowest BCUT2D eigenvalue weighted by atomic mass is 10.0. The van der Waals surface area contributed by atoms with Crippen molar-refractivity contribution in [3.63, 3.8) is 0 Å². The molecule has 0 aliphatic carbocycles. The number of nitrogens with two attached hydrogens (primary N) is 1. The number of aliphatic carboxylic acids is 1. The van der Waals surface area contributed by atoms with Crippen LogP contribution in [0.3, 0.4) is 0 Å². The minimum atomic E-state index is -1.18. The van der Waals surface area contributed by atoms with Crippen molar-refractivity contribution in [2.45, 2.75) is 31.0 Å². The molecule has 0 aliphatic heterocycles. The zero-order valence-electron chi connectivity index (χ0n) is 18.8. The first-order chi connectivity index (χ1) is 16.9. The van der Waals surface area contributed by atoms with Crippen LogP contribution in [0.15, 0.2) is 60.9 Å². The Balaban J connectivity index is 1.39. The van der Waals surface area contributed by atoms with Crippen molar-refractivity contribution in [1.82, 2.24) is 20.6 Å². The molecule has 0 saturated carbocycles. The molecule has 0 bridgehead atoms. The highest BCUT2D eigenvalue weighted by molar-refractivity contribution is 7.80. The van der Waals surface area contributed by atoms with E-state index in [1.54, 1.807) is 6.20 Å². The molecule has 0 saturated heterocycles. The number of carboxylic acids is 1. The van der Waals surface area contributed by atoms with Crippen LogP contribution in [0.2, 0.25) is 0 Å². The third-order valence-corrected chi connectivity index (χ3v) is 6.35. The predicted molar refractivity (Wildman–Crippen MR) is 137 cm³/mol. The molecule has 0 aliphatic rings. The minimum absolute atomic E-state index is 0.0171. The molecule has 2 amide bonds. The number of H-pyrrole nitrogens is 2. The highest BCUT2D eigenvalue weighted by Gasteiger charge is 2.28. The second-order valence-corrected chi connectivity index (χ2v) is 8.74. The number of rotatable bonds is 10. The Bertz CT molecular complexity index is 1360. The second kappa shape index (κ2) is 10.7. The van der Waals surface area contributed by atoms with E-state index in [2.05, 4.69) is 33.2 Å². The summed E-state index contributed by atoms with van der Waals surface area (Å²) in [5, 5.41) is 16.7. The zero-order valence-corrected chi connectivity index (χ0v) is 19.7. The molecule has 0 fully saturated rings. The quantitative estimate of drug-likeness (QED) is 0.168. The molecule has 4 rings (SSSR count). The fraction of sp³-hybridized carbons (Fsp3) is 0.240. The summed E-state index contributed by atoms with van der Waals surface area (Å²) >= 11 is 4.17. The van der Waals surface area contributed by atoms with Crippen LogP contribution >= 0.6 is 12.6 Å². The van der Waals surface area contributed by atoms with Crippen molar-refractivity contribution < 1.29 is 19.5 Å². The van der Waals surface area contributed by atoms with Crippen molar-refractivity contribution in [3.05, 3.63) is 72.1 Å². The van der Waals surface area contributed by atoms with Crippen LogP contribution in [0, 0.1) is 0 Å². The minimum Gasteiger partial charge on any atom is -0.480 e. The largest absolute Gasteiger partial charge is 0.480 e. The number of hydrogen-bond donors (Lipinski definition) is 7. The maximum Gasteiger partial charge on any atom is 0.326 e. The molecule has 2 aromatic heterocycles. The van der Waals surface area contributed by atoms with Gasteiger partial charge in [0.05, 0.1) is 6.04 Å². The van der Waals surface area contributed by atoms with Crippen molar-refractivity contribution in [3.8, 4) is 0 Å². The number of fused-ring (bicyclic) bond motifs is 2. The maximum atomic E-state index is 12.8. The summed E-state index contributed by atoms with van der Waals surface area (Å²) < 4.78 is 0. The Morgan fingerprint density at radius 3 is 1.89 bits per heavy atom. The Hall–Kier alpha value is -3.76. The van der Waals surface area contributed by atoms with Crippen LogP contribution in [0.5, 0.6) is 0 Å². The van der Waals surface area contributed by atoms with E-state index in [-0.39, 0.29) is 18.6 Å². The molecule has 35 heavy (non-hydrogen) atoms. The molecule has 3 atom stereocenters. The van der Waals surface area contributed by atoms with Gasteiger partial charge in [-0.1, -0.05) is 36.4 Å². The molecule has 2 heterocycles. The standard InChI is InChI=1S/C25H27N5O4S/c26-18(9-14-11-27-19-7-3-1-5-16(14)19)23(31)30-22(13-35)24(32)29-21(25(33)34)10-15-12-28-20-8-4-2-6-17(15)20/h1-8,11-12,18,21-22,27-28,35H,9-10,13,26H2,(H,29,32)(H,30,31)(H,33,34). The number of amides is 2. The van der Waals surface area contributed by atoms with Crippen molar-refractivity contribution >= 4 is 52.2 Å². The van der Waals surface area contributed by atoms with E-state index >= 15 is 0 Å². The van der Waals surface area contributed by atoms with Crippen molar-refractivity contribution in [2.24, 2.45) is 5.73 Å². The van der Waals surface area contributed by atoms with Gasteiger partial charge in [-0.2, -0.15) is 12.6 Å². The van der Waals surface area contributed by atoms with E-state index in [0.29, 0.717) is 0 Å². The highest BCUT2D eigenvalue weighted by atomic mass is 32.1. The summed E-state index contributed by atoms with van der Waals surface area (Å²) in [6, 6.07) is 12.1. The number of para-hydroxylation sites is 2. The number of carbonyl (C=O) groups is 3. The lowest BCUT2D eigenvalue weighted by Gasteiger charge is -2.21. The SMILES string of the molecule is NC(Cc1c[nH]c2ccccc12)C(=O)NC(CS)C(=O)NC(Cc1c[nH]c2ccccc12)C(=O)O. The molecule has 2 aromatic carbocycles. The van der Waals surface area contributed by atoms with Gasteiger partial charge in [0.1, 0.15) is 12.1 Å². The van der Waals surface area contributed by atoms with Crippen LogP contribution in [-0.2, 0) is 27.2 Å². The molecule has 0 spiro atoms. The Morgan fingerprint density at radius 1 is 0.829 bits per heavy atom. The van der Waals surface area contributed by atoms with Gasteiger partial charge < -0.3 is 31.4 Å². The van der Waals surface area contributed by atoms with E-state index in [9.17, 15) is 19.5 Å². The molecule has 7 N–H and O–H groups in total. The fourth-order valence-electron chi connectivity index (χ4n) is 4.10. The Kier molecular flexibility index (Phi) is 7.42. The third-order valence-electron chi connectivity index (χ3n) is 5.98. The number of carbonyl (C=O) groups excluding carboxylic acids is 2. The van der Waals surface area contributed by atoms with Gasteiger partial charge in [0, 0.05) is 46.4 Å². The first kappa shape index (κ1) is 24.4. The van der Waals surface area contributed by atoms with E-state index in [4.69, 9.17) is 5.73 Å². The number of carboxylic acid groups (broad SMARTS) is 1. The first-order valence-corrected chi connectivity index (χ1v) is 11.8. The van der Waals surface area contributed by atoms with Gasteiger partial charge in [-0.15, -0.1) is 0 Å². The number of thiol groups is 1. The van der Waals surface area contributed by atoms with Gasteiger partial charge in [-0.3, -0.25) is 9.59 Å². The Morgan fingerprint density at radius 2 is 1.34 bits per heavy atom. The Labute approximate surface area is 206 Å². The summed E-state index contributed by atoms with van der Waals surface area (Å²) in [6.45, 7) is 0. The van der Waals surface area contributed by atoms with Crippen molar-refractivity contribution in [2.75, 3.05) is 5.75 Å². The average Bonchev–Trinajstić information content (AvgIpc) is 3.46. The monoisotopic (exact) mass is 493 g/mol. The van der Waals surface area contributed by atoms with E-state index < -0.39 is 35.9 Å². The molecular formula is C25H27N5O4S. The summed E-state index contributed by atoms with van der Waals surface area (Å²) in [5.74, 6) is -2.35. The van der Waals surface area contributed by atoms with Crippen molar-refractivity contribution in [1.29, 1.82) is 0 Å². The zero-order chi connectivity index (χ0) is 24.9. The van der Waals surface area contributed by atoms with Crippen LogP contribution in [0.4, 0.5) is 0 Å². The van der Waals surface area contributed by atoms with Crippen LogP contribution in [0.25, 0.3) is 21.8 Å². The van der Waals surface area contributed by atoms with Gasteiger partial charge in [0.2, 0.25) is 11.8 Å². The predicted octanol–water partition coefficient (Wildman–Crippen LogP) is 1.75. The molecular weight excluding hydrogens is 466 g/mol. The summed E-state index contributed by atoms with van der Waals surface area (Å²) in [6.07, 6.45) is 3.89. The topological polar surface area (TPSA) is 153 Å². The van der Waals surface area contributed by atoms with E-state index in [0.717, 1.165) is 32.9 Å². The molecule has 4 aromatic rings. The number of hydrogen-bond acceptors (Lipinski definition) is 5. The molecule has 9 nitrogen and oxygen atoms in total. The first-order valence-electron chi connectivity index (χ1n) is 11.2. The highest BCUT2D eigenvalue weighted by Crippen LogP contribution is 2.20. The lowest BCUT2D eigenvalue weighted by molar-refractivity contribution is -0.142.